The van der Waals surface area contributed by atoms with Crippen molar-refractivity contribution in [2.24, 2.45) is 0 Å². The first kappa shape index (κ1) is 10.4. The van der Waals surface area contributed by atoms with Gasteiger partial charge in [-0.25, -0.2) is 9.50 Å². The highest BCUT2D eigenvalue weighted by atomic mass is 15.3. The quantitative estimate of drug-likeness (QED) is 0.670. The third-order valence-electron chi connectivity index (χ3n) is 3.56. The van der Waals surface area contributed by atoms with Gasteiger partial charge in [0.2, 0.25) is 0 Å². The topological polar surface area (TPSA) is 59.5 Å². The summed E-state index contributed by atoms with van der Waals surface area (Å²) in [5.74, 6) is 0.967. The van der Waals surface area contributed by atoms with Crippen molar-refractivity contribution in [2.45, 2.75) is 13.1 Å². The van der Waals surface area contributed by atoms with Gasteiger partial charge in [0.25, 0.3) is 0 Å². The Morgan fingerprint density at radius 2 is 1.95 bits per heavy atom. The highest BCUT2D eigenvalue weighted by Crippen LogP contribution is 2.30. The molecule has 0 fully saturated rings. The Hall–Kier alpha value is -2.56. The van der Waals surface area contributed by atoms with Crippen molar-refractivity contribution in [1.82, 2.24) is 14.6 Å². The summed E-state index contributed by atoms with van der Waals surface area (Å²) in [6, 6.07) is 8.09. The van der Waals surface area contributed by atoms with Crippen molar-refractivity contribution in [3.05, 3.63) is 54.0 Å². The van der Waals surface area contributed by atoms with Crippen LogP contribution in [0.2, 0.25) is 0 Å². The fraction of sp³-hybridized carbons (Fsp3) is 0.143. The number of nitrogens with two attached hydrogens (primary N) is 1. The summed E-state index contributed by atoms with van der Waals surface area (Å²) in [6.45, 7) is 1.71. The van der Waals surface area contributed by atoms with E-state index in [0.29, 0.717) is 0 Å². The molecule has 1 aliphatic heterocycles. The van der Waals surface area contributed by atoms with E-state index in [1.165, 1.54) is 11.1 Å². The van der Waals surface area contributed by atoms with E-state index < -0.39 is 0 Å². The number of fused-ring (bicyclic) bond motifs is 2. The molecule has 5 heteroatoms. The third-order valence-corrected chi connectivity index (χ3v) is 3.56. The Morgan fingerprint density at radius 3 is 2.89 bits per heavy atom. The van der Waals surface area contributed by atoms with Crippen molar-refractivity contribution in [3.8, 4) is 0 Å². The fourth-order valence-electron chi connectivity index (χ4n) is 2.65. The molecule has 0 radical (unpaired) electrons. The van der Waals surface area contributed by atoms with Crippen LogP contribution in [-0.2, 0) is 13.1 Å². The summed E-state index contributed by atoms with van der Waals surface area (Å²) in [4.78, 5) is 6.75. The lowest BCUT2D eigenvalue weighted by molar-refractivity contribution is 0.844. The van der Waals surface area contributed by atoms with Gasteiger partial charge in [0.15, 0.2) is 5.82 Å². The van der Waals surface area contributed by atoms with E-state index in [1.807, 2.05) is 28.9 Å². The van der Waals surface area contributed by atoms with E-state index in [1.54, 1.807) is 12.4 Å². The number of hydrogen-bond donors (Lipinski definition) is 1. The average molecular weight is 251 g/mol. The molecule has 0 bridgehead atoms. The van der Waals surface area contributed by atoms with Crippen LogP contribution in [0, 0.1) is 0 Å². The minimum absolute atomic E-state index is 0.816. The number of hydrogen-bond acceptors (Lipinski definition) is 4. The summed E-state index contributed by atoms with van der Waals surface area (Å²) in [5, 5.41) is 4.24. The molecule has 3 aromatic rings. The van der Waals surface area contributed by atoms with E-state index in [0.717, 1.165) is 30.1 Å². The molecule has 0 amide bonds. The number of aromatic nitrogens is 3. The van der Waals surface area contributed by atoms with Crippen LogP contribution in [0.15, 0.2) is 42.9 Å². The van der Waals surface area contributed by atoms with Gasteiger partial charge in [0.1, 0.15) is 5.52 Å². The van der Waals surface area contributed by atoms with Gasteiger partial charge in [-0.3, -0.25) is 0 Å². The zero-order chi connectivity index (χ0) is 12.8. The maximum Gasteiger partial charge on any atom is 0.155 e. The predicted octanol–water partition coefficient (Wildman–Crippen LogP) is 1.83. The molecule has 0 saturated carbocycles. The van der Waals surface area contributed by atoms with Crippen LogP contribution >= 0.6 is 0 Å². The second kappa shape index (κ2) is 3.71. The van der Waals surface area contributed by atoms with Crippen LogP contribution in [0.25, 0.3) is 5.52 Å². The molecule has 0 aliphatic carbocycles. The smallest absolute Gasteiger partial charge is 0.155 e. The van der Waals surface area contributed by atoms with Crippen LogP contribution in [0.4, 0.5) is 11.5 Å². The normalized spacial score (nSPS) is 14.0. The Balaban J connectivity index is 1.78. The lowest BCUT2D eigenvalue weighted by Gasteiger charge is -2.17. The first-order chi connectivity index (χ1) is 9.31. The van der Waals surface area contributed by atoms with Crippen molar-refractivity contribution in [1.29, 1.82) is 0 Å². The first-order valence-electron chi connectivity index (χ1n) is 6.22. The number of nitrogen functional groups attached to an aromatic ring is 1. The van der Waals surface area contributed by atoms with E-state index in [4.69, 9.17) is 5.73 Å². The lowest BCUT2D eigenvalue weighted by Crippen LogP contribution is -2.16. The molecule has 3 heterocycles. The molecule has 1 aromatic carbocycles. The highest BCUT2D eigenvalue weighted by molar-refractivity contribution is 5.69. The molecule has 1 aliphatic rings. The summed E-state index contributed by atoms with van der Waals surface area (Å²) in [5.41, 5.74) is 10.3. The number of rotatable bonds is 1. The van der Waals surface area contributed by atoms with Gasteiger partial charge in [-0.1, -0.05) is 6.07 Å². The van der Waals surface area contributed by atoms with Crippen molar-refractivity contribution >= 4 is 17.0 Å². The molecule has 19 heavy (non-hydrogen) atoms. The van der Waals surface area contributed by atoms with Crippen molar-refractivity contribution < 1.29 is 0 Å². The average Bonchev–Trinajstić information content (AvgIpc) is 3.03. The maximum absolute atomic E-state index is 5.84. The zero-order valence-electron chi connectivity index (χ0n) is 10.3. The Kier molecular flexibility index (Phi) is 2.03. The van der Waals surface area contributed by atoms with Gasteiger partial charge < -0.3 is 10.6 Å². The SMILES string of the molecule is Nc1ccc2c(c1)CN(c1nccn3nccc13)C2. The van der Waals surface area contributed by atoms with Crippen LogP contribution in [0.3, 0.4) is 0 Å². The van der Waals surface area contributed by atoms with E-state index in [-0.39, 0.29) is 0 Å². The standard InChI is InChI=1S/C14H13N5/c15-12-2-1-10-8-18(9-11(10)7-12)14-13-3-4-17-19(13)6-5-16-14/h1-7H,8-9,15H2. The van der Waals surface area contributed by atoms with E-state index in [9.17, 15) is 0 Å². The molecule has 2 N–H and O–H groups in total. The van der Waals surface area contributed by atoms with Gasteiger partial charge in [-0.15, -0.1) is 0 Å². The molecule has 94 valence electrons. The molecule has 4 rings (SSSR count). The molecule has 0 unspecified atom stereocenters. The molecule has 0 atom stereocenters. The van der Waals surface area contributed by atoms with Crippen LogP contribution in [0.5, 0.6) is 0 Å². The van der Waals surface area contributed by atoms with E-state index >= 15 is 0 Å². The highest BCUT2D eigenvalue weighted by Gasteiger charge is 2.21. The molecule has 0 spiro atoms. The van der Waals surface area contributed by atoms with Crippen LogP contribution in [-0.4, -0.2) is 14.6 Å². The largest absolute Gasteiger partial charge is 0.399 e. The second-order valence-corrected chi connectivity index (χ2v) is 4.80. The van der Waals surface area contributed by atoms with Gasteiger partial charge in [0, 0.05) is 31.2 Å². The fourth-order valence-corrected chi connectivity index (χ4v) is 2.65. The monoisotopic (exact) mass is 251 g/mol. The molecule has 2 aromatic heterocycles. The van der Waals surface area contributed by atoms with Gasteiger partial charge in [-0.05, 0) is 29.3 Å². The van der Waals surface area contributed by atoms with Crippen molar-refractivity contribution in [2.75, 3.05) is 10.6 Å². The molecular formula is C14H13N5. The first-order valence-corrected chi connectivity index (χ1v) is 6.22. The molecule has 0 saturated heterocycles. The summed E-state index contributed by atoms with van der Waals surface area (Å²) in [6.07, 6.45) is 5.44. The van der Waals surface area contributed by atoms with Gasteiger partial charge >= 0.3 is 0 Å². The maximum atomic E-state index is 5.84. The molecular weight excluding hydrogens is 238 g/mol. The Morgan fingerprint density at radius 1 is 1.05 bits per heavy atom. The Labute approximate surface area is 110 Å². The number of benzene rings is 1. The minimum atomic E-state index is 0.816. The number of nitrogens with zero attached hydrogens (tertiary/aromatic N) is 4. The van der Waals surface area contributed by atoms with Crippen LogP contribution < -0.4 is 10.6 Å². The van der Waals surface area contributed by atoms with Gasteiger partial charge in [0.05, 0.1) is 6.20 Å². The van der Waals surface area contributed by atoms with Crippen LogP contribution in [0.1, 0.15) is 11.1 Å². The molecule has 5 nitrogen and oxygen atoms in total. The second-order valence-electron chi connectivity index (χ2n) is 4.80. The summed E-state index contributed by atoms with van der Waals surface area (Å²) >= 11 is 0. The van der Waals surface area contributed by atoms with Gasteiger partial charge in [-0.2, -0.15) is 5.10 Å². The zero-order valence-corrected chi connectivity index (χ0v) is 10.3. The summed E-state index contributed by atoms with van der Waals surface area (Å²) < 4.78 is 1.85. The van der Waals surface area contributed by atoms with E-state index in [2.05, 4.69) is 21.0 Å². The Bertz CT molecular complexity index is 761. The summed E-state index contributed by atoms with van der Waals surface area (Å²) in [7, 11) is 0. The third kappa shape index (κ3) is 1.55. The minimum Gasteiger partial charge on any atom is -0.399 e. The lowest BCUT2D eigenvalue weighted by atomic mass is 10.1. The number of anilines is 2. The van der Waals surface area contributed by atoms with Crippen molar-refractivity contribution in [3.63, 3.8) is 0 Å². The predicted molar refractivity (Wildman–Crippen MR) is 73.7 cm³/mol.